The van der Waals surface area contributed by atoms with Crippen LogP contribution in [0.5, 0.6) is 0 Å². The van der Waals surface area contributed by atoms with Crippen LogP contribution in [0.2, 0.25) is 0 Å². The Bertz CT molecular complexity index is 42.0. The van der Waals surface area contributed by atoms with E-state index in [1.54, 1.807) is 0 Å². The van der Waals surface area contributed by atoms with Gasteiger partial charge >= 0.3 is 0 Å². The van der Waals surface area contributed by atoms with Crippen molar-refractivity contribution in [2.24, 2.45) is 5.92 Å². The van der Waals surface area contributed by atoms with Gasteiger partial charge in [0.15, 0.2) is 0 Å². The molecule has 1 saturated carbocycles. The van der Waals surface area contributed by atoms with Crippen molar-refractivity contribution in [1.29, 1.82) is 0 Å². The number of hydrogen-bond donors (Lipinski definition) is 0. The summed E-state index contributed by atoms with van der Waals surface area (Å²) in [6, 6.07) is 0. The molecule has 0 bridgehead atoms. The highest BCUT2D eigenvalue weighted by Gasteiger charge is 2.09. The zero-order chi connectivity index (χ0) is 11.1. The maximum Gasteiger partial charge on any atom is -0.0443 e. The fourth-order valence-electron chi connectivity index (χ4n) is 0.612. The topological polar surface area (TPSA) is 0 Å². The summed E-state index contributed by atoms with van der Waals surface area (Å²) in [6.07, 6.45) is 7.10. The Labute approximate surface area is 87.1 Å². The minimum absolute atomic E-state index is 1.06. The third-order valence-corrected chi connectivity index (χ3v) is 1.89. The molecule has 0 heteroatoms. The van der Waals surface area contributed by atoms with Gasteiger partial charge in [-0.25, -0.2) is 0 Å². The van der Waals surface area contributed by atoms with Crippen LogP contribution in [0.15, 0.2) is 0 Å². The van der Waals surface area contributed by atoms with Crippen molar-refractivity contribution in [1.82, 2.24) is 0 Å². The largest absolute Gasteiger partial charge is 0.0683 e. The third-order valence-electron chi connectivity index (χ3n) is 1.89. The van der Waals surface area contributed by atoms with Crippen molar-refractivity contribution in [3.63, 3.8) is 0 Å². The lowest BCUT2D eigenvalue weighted by atomic mass is 9.88. The maximum absolute atomic E-state index is 2.31. The molecule has 0 aromatic heterocycles. The molecule has 13 heavy (non-hydrogen) atoms. The van der Waals surface area contributed by atoms with Crippen LogP contribution < -0.4 is 0 Å². The predicted molar refractivity (Wildman–Crippen MR) is 66.3 cm³/mol. The van der Waals surface area contributed by atoms with Crippen LogP contribution in [0.4, 0.5) is 0 Å². The van der Waals surface area contributed by atoms with Gasteiger partial charge in [0.2, 0.25) is 0 Å². The molecular weight excluding hydrogens is 156 g/mol. The number of hydrogen-bond acceptors (Lipinski definition) is 0. The van der Waals surface area contributed by atoms with Crippen LogP contribution >= 0.6 is 0 Å². The van der Waals surface area contributed by atoms with Gasteiger partial charge in [-0.1, -0.05) is 80.6 Å². The molecule has 1 aliphatic rings. The van der Waals surface area contributed by atoms with E-state index in [0.717, 1.165) is 5.92 Å². The van der Waals surface area contributed by atoms with Gasteiger partial charge in [0.1, 0.15) is 0 Å². The van der Waals surface area contributed by atoms with Crippen molar-refractivity contribution in [2.45, 2.75) is 80.6 Å². The summed E-state index contributed by atoms with van der Waals surface area (Å²) >= 11 is 0. The second kappa shape index (κ2) is 22.7. The Hall–Kier alpha value is 0. The van der Waals surface area contributed by atoms with E-state index in [0.29, 0.717) is 0 Å². The lowest BCUT2D eigenvalue weighted by molar-refractivity contribution is 0.346. The van der Waals surface area contributed by atoms with Crippen LogP contribution in [0, 0.1) is 5.92 Å². The summed E-state index contributed by atoms with van der Waals surface area (Å²) < 4.78 is 0. The van der Waals surface area contributed by atoms with E-state index in [1.165, 1.54) is 32.1 Å². The van der Waals surface area contributed by atoms with E-state index in [4.69, 9.17) is 0 Å². The first-order valence-corrected chi connectivity index (χ1v) is 6.31. The van der Waals surface area contributed by atoms with E-state index in [-0.39, 0.29) is 0 Å². The molecule has 0 amide bonds. The van der Waals surface area contributed by atoms with Crippen LogP contribution in [0.25, 0.3) is 0 Å². The molecule has 1 fully saturated rings. The zero-order valence-electron chi connectivity index (χ0n) is 11.1. The first kappa shape index (κ1) is 18.7. The van der Waals surface area contributed by atoms with Gasteiger partial charge in [0.25, 0.3) is 0 Å². The Balaban J connectivity index is -0.000000114. The Morgan fingerprint density at radius 1 is 0.846 bits per heavy atom. The van der Waals surface area contributed by atoms with Crippen molar-refractivity contribution < 1.29 is 0 Å². The quantitative estimate of drug-likeness (QED) is 0.497. The van der Waals surface area contributed by atoms with Crippen LogP contribution in [-0.4, -0.2) is 0 Å². The lowest BCUT2D eigenvalue weighted by Gasteiger charge is -2.18. The highest BCUT2D eigenvalue weighted by atomic mass is 14.1. The smallest absolute Gasteiger partial charge is 0.0443 e. The van der Waals surface area contributed by atoms with E-state index in [1.807, 2.05) is 27.7 Å². The summed E-state index contributed by atoms with van der Waals surface area (Å²) in [5, 5.41) is 0. The van der Waals surface area contributed by atoms with Crippen molar-refractivity contribution in [2.75, 3.05) is 0 Å². The van der Waals surface area contributed by atoms with Crippen molar-refractivity contribution in [3.8, 4) is 0 Å². The molecule has 0 spiro atoms. The molecule has 0 unspecified atom stereocenters. The molecule has 0 N–H and O–H groups in total. The average molecular weight is 188 g/mol. The Kier molecular flexibility index (Phi) is 32.7. The van der Waals surface area contributed by atoms with Gasteiger partial charge in [-0.15, -0.1) is 0 Å². The Morgan fingerprint density at radius 3 is 1.08 bits per heavy atom. The van der Waals surface area contributed by atoms with Gasteiger partial charge < -0.3 is 0 Å². The average Bonchev–Trinajstić information content (AvgIpc) is 2.21. The van der Waals surface area contributed by atoms with Crippen LogP contribution in [0.1, 0.15) is 80.6 Å². The minimum atomic E-state index is 1.06. The first-order valence-electron chi connectivity index (χ1n) is 6.31. The third kappa shape index (κ3) is 24.5. The summed E-state index contributed by atoms with van der Waals surface area (Å²) in [5.74, 6) is 1.06. The maximum atomic E-state index is 2.31. The predicted octanol–water partition coefficient (Wildman–Crippen LogP) is 5.67. The fourth-order valence-corrected chi connectivity index (χ4v) is 0.612. The molecule has 0 aromatic carbocycles. The van der Waals surface area contributed by atoms with Gasteiger partial charge in [0.05, 0.1) is 0 Å². The van der Waals surface area contributed by atoms with Crippen molar-refractivity contribution in [3.05, 3.63) is 0 Å². The molecule has 0 radical (unpaired) electrons. The van der Waals surface area contributed by atoms with Gasteiger partial charge in [-0.3, -0.25) is 0 Å². The first-order chi connectivity index (χ1) is 6.31. The van der Waals surface area contributed by atoms with E-state index in [2.05, 4.69) is 20.8 Å². The monoisotopic (exact) mass is 188 g/mol. The molecule has 0 aliphatic heterocycles. The molecular formula is C13H32. The normalized spacial score (nSPS) is 13.2. The highest BCUT2D eigenvalue weighted by Crippen LogP contribution is 2.24. The molecule has 0 nitrogen and oxygen atoms in total. The van der Waals surface area contributed by atoms with E-state index >= 15 is 0 Å². The molecule has 0 aromatic rings. The molecule has 0 saturated heterocycles. The SMILES string of the molecule is CC.CC.CC1CCC1.CCCC. The van der Waals surface area contributed by atoms with E-state index < -0.39 is 0 Å². The van der Waals surface area contributed by atoms with Crippen molar-refractivity contribution >= 4 is 0 Å². The molecule has 1 rings (SSSR count). The minimum Gasteiger partial charge on any atom is -0.0683 e. The van der Waals surface area contributed by atoms with Crippen LogP contribution in [0.3, 0.4) is 0 Å². The lowest BCUT2D eigenvalue weighted by Crippen LogP contribution is -2.04. The number of unbranched alkanes of at least 4 members (excludes halogenated alkanes) is 1. The standard InChI is InChI=1S/C5H10.C4H10.2C2H6/c1-5-3-2-4-5;1-3-4-2;2*1-2/h5H,2-4H2,1H3;3-4H2,1-2H3;2*1-2H3. The second-order valence-electron chi connectivity index (χ2n) is 3.04. The summed E-state index contributed by atoms with van der Waals surface area (Å²) in [7, 11) is 0. The zero-order valence-corrected chi connectivity index (χ0v) is 11.1. The van der Waals surface area contributed by atoms with Crippen LogP contribution in [-0.2, 0) is 0 Å². The molecule has 0 heterocycles. The molecule has 1 aliphatic carbocycles. The van der Waals surface area contributed by atoms with Gasteiger partial charge in [-0.05, 0) is 5.92 Å². The molecule has 0 atom stereocenters. The fraction of sp³-hybridized carbons (Fsp3) is 1.00. The molecule has 84 valence electrons. The van der Waals surface area contributed by atoms with Gasteiger partial charge in [-0.2, -0.15) is 0 Å². The van der Waals surface area contributed by atoms with E-state index in [9.17, 15) is 0 Å². The highest BCUT2D eigenvalue weighted by molar-refractivity contribution is 4.62. The summed E-state index contributed by atoms with van der Waals surface area (Å²) in [4.78, 5) is 0. The number of rotatable bonds is 1. The summed E-state index contributed by atoms with van der Waals surface area (Å²) in [5.41, 5.74) is 0. The Morgan fingerprint density at radius 2 is 1.08 bits per heavy atom. The van der Waals surface area contributed by atoms with Gasteiger partial charge in [0, 0.05) is 0 Å². The second-order valence-corrected chi connectivity index (χ2v) is 3.04. The summed E-state index contributed by atoms with van der Waals surface area (Å²) in [6.45, 7) is 14.7.